The van der Waals surface area contributed by atoms with E-state index in [1.54, 1.807) is 12.4 Å². The molecule has 131 heavy (non-hydrogen) atoms. The quantitative estimate of drug-likeness (QED) is 0.152. The van der Waals surface area contributed by atoms with E-state index < -0.39 is 6.85 Å². The zero-order valence-corrected chi connectivity index (χ0v) is 75.8. The molecule has 25 rings (SSSR count). The van der Waals surface area contributed by atoms with Crippen LogP contribution in [0.15, 0.2) is 321 Å². The maximum Gasteiger partial charge on any atom is 0.334 e. The fourth-order valence-corrected chi connectivity index (χ4v) is 18.9. The first-order valence-corrected chi connectivity index (χ1v) is 44.1. The van der Waals surface area contributed by atoms with E-state index in [2.05, 4.69) is 288 Å². The molecule has 0 saturated carbocycles. The van der Waals surface area contributed by atoms with E-state index in [9.17, 15) is 0 Å². The summed E-state index contributed by atoms with van der Waals surface area (Å²) in [6.45, 7) is 18.3. The molecule has 0 spiro atoms. The number of hydrogen-bond donors (Lipinski definition) is 0. The third-order valence-corrected chi connectivity index (χ3v) is 25.9. The van der Waals surface area contributed by atoms with Crippen LogP contribution in [0.1, 0.15) is 65.7 Å². The molecule has 25 aromatic rings. The molecule has 0 aliphatic rings. The molecular weight excluding hydrogens is 1610 g/mol. The van der Waals surface area contributed by atoms with Crippen LogP contribution in [0.25, 0.3) is 220 Å². The van der Waals surface area contributed by atoms with Crippen LogP contribution in [0.3, 0.4) is 0 Å². The molecule has 0 unspecified atom stereocenters. The van der Waals surface area contributed by atoms with Crippen molar-refractivity contribution in [2.75, 3.05) is 0 Å². The number of benzene rings is 15. The van der Waals surface area contributed by atoms with Crippen molar-refractivity contribution in [2.45, 2.75) is 76.1 Å². The van der Waals surface area contributed by atoms with Crippen molar-refractivity contribution < 1.29 is 49.0 Å². The fourth-order valence-electron chi connectivity index (χ4n) is 18.9. The Morgan fingerprint density at radius 2 is 0.603 bits per heavy atom. The Morgan fingerprint density at radius 1 is 0.260 bits per heavy atom. The highest BCUT2D eigenvalue weighted by molar-refractivity contribution is 6.19. The van der Waals surface area contributed by atoms with Gasteiger partial charge in [-0.1, -0.05) is 168 Å². The molecule has 0 aliphatic carbocycles. The van der Waals surface area contributed by atoms with Crippen molar-refractivity contribution in [1.29, 1.82) is 0 Å². The Bertz CT molecular complexity index is 8970. The molecule has 0 fully saturated rings. The summed E-state index contributed by atoms with van der Waals surface area (Å²) in [6, 6.07) is 88.3. The topological polar surface area (TPSA) is 150 Å². The second-order valence-corrected chi connectivity index (χ2v) is 34.9. The summed E-state index contributed by atoms with van der Waals surface area (Å²) < 4.78 is 66.4. The molecule has 0 aliphatic heterocycles. The molecule has 0 saturated heterocycles. The van der Waals surface area contributed by atoms with Crippen LogP contribution in [-0.4, -0.2) is 24.9 Å². The first kappa shape index (κ1) is 78.5. The van der Waals surface area contributed by atoms with Crippen LogP contribution in [-0.2, 0) is 35.2 Å². The van der Waals surface area contributed by atoms with Gasteiger partial charge in [-0.25, -0.2) is 22.8 Å². The average Bonchev–Trinajstić information content (AvgIpc) is 1.56. The van der Waals surface area contributed by atoms with E-state index in [0.717, 1.165) is 205 Å². The third-order valence-electron chi connectivity index (χ3n) is 25.9. The van der Waals surface area contributed by atoms with Gasteiger partial charge in [-0.2, -0.15) is 0 Å². The SMILES string of the molecule is Cc1cc(-c2c(C)ccc3c2oc2cc4ccccc4cc23)[n+](C)cn1.Cc1cc2c(oc3cc4ccccc4cc32)c(-c2nccc[n+]2C)c1C.Cc1cc[n+](C)c(-c2c(C)ccc3c2oc2cc4ccccc4cc23)n1.Cc1cnc(-c2c(C)ccc3c2oc2cc4ccccc4cc23)[n+](C)c1.[2H]C([2H])([2H])c1cc2c(oc3cc4ccccc4cc32)c(-c2cc(C)nc[n+]2C)c1C. The van der Waals surface area contributed by atoms with Crippen LogP contribution in [0.5, 0.6) is 0 Å². The number of nitrogens with zero attached hydrogens (tertiary/aromatic N) is 10. The summed E-state index contributed by atoms with van der Waals surface area (Å²) in [5.41, 5.74) is 26.9. The fraction of sp³-hybridized carbons (Fsp3) is 0.138. The first-order valence-electron chi connectivity index (χ1n) is 45.6. The smallest absolute Gasteiger partial charge is 0.334 e. The average molecular weight is 1710 g/mol. The number of rotatable bonds is 5. The van der Waals surface area contributed by atoms with Crippen LogP contribution in [0.4, 0.5) is 0 Å². The van der Waals surface area contributed by atoms with Crippen LogP contribution >= 0.6 is 0 Å². The van der Waals surface area contributed by atoms with E-state index in [-0.39, 0.29) is 0 Å². The minimum absolute atomic E-state index is 0.343. The maximum atomic E-state index is 8.12. The summed E-state index contributed by atoms with van der Waals surface area (Å²) >= 11 is 0. The zero-order valence-electron chi connectivity index (χ0n) is 78.8. The first-order chi connectivity index (χ1) is 64.7. The highest BCUT2D eigenvalue weighted by Gasteiger charge is 2.30. The summed E-state index contributed by atoms with van der Waals surface area (Å²) in [5.74, 6) is 2.77. The predicted molar refractivity (Wildman–Crippen MR) is 530 cm³/mol. The van der Waals surface area contributed by atoms with Gasteiger partial charge in [0.25, 0.3) is 12.7 Å². The van der Waals surface area contributed by atoms with E-state index in [0.29, 0.717) is 16.7 Å². The minimum atomic E-state index is -2.23. The Morgan fingerprint density at radius 3 is 1.02 bits per heavy atom. The molecule has 0 amide bonds. The molecule has 0 atom stereocenters. The summed E-state index contributed by atoms with van der Waals surface area (Å²) in [5, 5.41) is 22.8. The van der Waals surface area contributed by atoms with Gasteiger partial charge in [0, 0.05) is 109 Å². The number of aromatic nitrogens is 10. The minimum Gasteiger partial charge on any atom is -0.455 e. The van der Waals surface area contributed by atoms with Gasteiger partial charge >= 0.3 is 17.5 Å². The lowest BCUT2D eigenvalue weighted by Gasteiger charge is -2.10. The van der Waals surface area contributed by atoms with Gasteiger partial charge in [0.1, 0.15) is 79.6 Å². The Kier molecular flexibility index (Phi) is 19.6. The Hall–Kier alpha value is -16.0. The Balaban J connectivity index is 0.000000101. The molecule has 15 heteroatoms. The van der Waals surface area contributed by atoms with Crippen LogP contribution in [0.2, 0.25) is 0 Å². The van der Waals surface area contributed by atoms with Crippen molar-refractivity contribution in [2.24, 2.45) is 35.2 Å². The monoisotopic (exact) mass is 1710 g/mol. The highest BCUT2D eigenvalue weighted by Crippen LogP contribution is 2.46. The van der Waals surface area contributed by atoms with Crippen LogP contribution < -0.4 is 22.8 Å². The lowest BCUT2D eigenvalue weighted by molar-refractivity contribution is -0.663. The molecule has 15 nitrogen and oxygen atoms in total. The van der Waals surface area contributed by atoms with Gasteiger partial charge < -0.3 is 22.1 Å². The van der Waals surface area contributed by atoms with Crippen molar-refractivity contribution in [3.8, 4) is 56.7 Å². The number of hydrogen-bond acceptors (Lipinski definition) is 10. The zero-order chi connectivity index (χ0) is 92.6. The number of aryl methyl sites for hydroxylation is 14. The van der Waals surface area contributed by atoms with Gasteiger partial charge in [-0.15, -0.1) is 0 Å². The second kappa shape index (κ2) is 32.7. The van der Waals surface area contributed by atoms with Gasteiger partial charge in [0.2, 0.25) is 0 Å². The molecule has 0 bridgehead atoms. The lowest BCUT2D eigenvalue weighted by Crippen LogP contribution is -2.32. The standard InChI is InChI=1S/C24H21N2O.4C23H19N2O/c1-14-9-20-19-11-17-7-5-6-8-18(17)12-22(19)27-24(20)23(16(14)3)21-10-15(2)25-13-26(21)4;1-14-11-19-18-12-16-7-4-5-8-17(16)13-20(18)26-22(19)21(15(14)2)23-24-9-6-10-25(23)3;1-14-12-24-23(25(3)13-14)21-15(2)8-9-18-19-10-16-6-4-5-7-17(16)11-20(19)26-22(18)21;1-14-8-9-18-19-11-16-6-4-5-7-17(16)12-21(19)26-23(18)22(14)20-10-15(2)24-13-25(20)3;1-14-8-9-18-19-12-16-6-4-5-7-17(16)13-20(19)26-22(18)21(14)23-24-15(2)10-11-25(23)3/h5-13H,1-4H3;4*4-13H,1-3H3/q5*+1/i1D3;;;;. The van der Waals surface area contributed by atoms with Crippen molar-refractivity contribution >= 4 is 164 Å². The molecule has 10 aromatic heterocycles. The molecule has 10 heterocycles. The molecule has 0 N–H and O–H groups in total. The molecular formula is C116H97N10O5+5. The van der Waals surface area contributed by atoms with Gasteiger partial charge in [0.15, 0.2) is 33.8 Å². The second-order valence-electron chi connectivity index (χ2n) is 34.9. The van der Waals surface area contributed by atoms with E-state index in [1.807, 2.05) is 146 Å². The lowest BCUT2D eigenvalue weighted by atomic mass is 9.96. The van der Waals surface area contributed by atoms with Crippen molar-refractivity contribution in [1.82, 2.24) is 24.9 Å². The summed E-state index contributed by atoms with van der Waals surface area (Å²) in [7, 11) is 10.0. The van der Waals surface area contributed by atoms with Gasteiger partial charge in [-0.3, -0.25) is 0 Å². The summed E-state index contributed by atoms with van der Waals surface area (Å²) in [4.78, 5) is 22.8. The molecule has 636 valence electrons. The van der Waals surface area contributed by atoms with Gasteiger partial charge in [-0.05, 0) is 236 Å². The maximum absolute atomic E-state index is 8.12. The third kappa shape index (κ3) is 14.6. The van der Waals surface area contributed by atoms with Crippen molar-refractivity contribution in [3.63, 3.8) is 0 Å². The molecule has 15 aromatic carbocycles. The van der Waals surface area contributed by atoms with Gasteiger partial charge in [0.05, 0.1) is 65.0 Å². The number of furan rings is 5. The Labute approximate surface area is 760 Å². The summed E-state index contributed by atoms with van der Waals surface area (Å²) in [6.07, 6.45) is 13.5. The number of fused-ring (bicyclic) bond motifs is 20. The highest BCUT2D eigenvalue weighted by atomic mass is 16.3. The van der Waals surface area contributed by atoms with E-state index >= 15 is 0 Å². The van der Waals surface area contributed by atoms with E-state index in [4.69, 9.17) is 31.2 Å². The van der Waals surface area contributed by atoms with Crippen molar-refractivity contribution in [3.05, 3.63) is 360 Å². The van der Waals surface area contributed by atoms with E-state index in [1.165, 1.54) is 59.8 Å². The van der Waals surface area contributed by atoms with Crippen LogP contribution in [0, 0.1) is 76.1 Å². The molecule has 0 radical (unpaired) electrons. The largest absolute Gasteiger partial charge is 0.455 e. The predicted octanol–water partition coefficient (Wildman–Crippen LogP) is 26.5. The normalized spacial score (nSPS) is 12.1.